The number of hydrogen-bond acceptors (Lipinski definition) is 5. The zero-order chi connectivity index (χ0) is 37.5. The number of furan rings is 2. The van der Waals surface area contributed by atoms with Gasteiger partial charge in [-0.05, 0) is 58.7 Å². The van der Waals surface area contributed by atoms with Gasteiger partial charge in [0.25, 0.3) is 0 Å². The van der Waals surface area contributed by atoms with Crippen molar-refractivity contribution in [3.05, 3.63) is 182 Å². The maximum atomic E-state index is 6.62. The van der Waals surface area contributed by atoms with Gasteiger partial charge in [-0.1, -0.05) is 146 Å². The van der Waals surface area contributed by atoms with E-state index in [1.54, 1.807) is 0 Å². The van der Waals surface area contributed by atoms with Gasteiger partial charge in [0.1, 0.15) is 22.3 Å². The van der Waals surface area contributed by atoms with Crippen LogP contribution in [0.1, 0.15) is 0 Å². The van der Waals surface area contributed by atoms with Crippen molar-refractivity contribution < 1.29 is 8.83 Å². The van der Waals surface area contributed by atoms with Gasteiger partial charge in [0.2, 0.25) is 5.95 Å². The molecule has 0 saturated carbocycles. The highest BCUT2D eigenvalue weighted by Crippen LogP contribution is 2.42. The van der Waals surface area contributed by atoms with Crippen molar-refractivity contribution >= 4 is 65.7 Å². The first-order valence-electron chi connectivity index (χ1n) is 19.0. The standard InChI is InChI=1S/C51H30N4O2/c1-3-13-32(14-4-1)41-29-35(30-45-46(41)40-19-9-12-22-44(40)56-45)31-23-25-34(26-24-31)50-52-49(33-15-5-2-6-16-33)53-51(54-50)55-42-20-10-7-17-36(42)38-27-28-39-37-18-8-11-21-43(37)57-48(39)47(38)55/h1-30H. The molecule has 266 valence electrons. The third kappa shape index (κ3) is 4.94. The van der Waals surface area contributed by atoms with Gasteiger partial charge in [-0.15, -0.1) is 0 Å². The average molecular weight is 731 g/mol. The van der Waals surface area contributed by atoms with Crippen molar-refractivity contribution in [3.8, 4) is 51.0 Å². The lowest BCUT2D eigenvalue weighted by molar-refractivity contribution is 0.669. The molecule has 0 aliphatic carbocycles. The molecule has 12 aromatic rings. The molecule has 0 atom stereocenters. The summed E-state index contributed by atoms with van der Waals surface area (Å²) in [6.07, 6.45) is 0. The van der Waals surface area contributed by atoms with Gasteiger partial charge in [-0.25, -0.2) is 4.98 Å². The van der Waals surface area contributed by atoms with Gasteiger partial charge >= 0.3 is 0 Å². The van der Waals surface area contributed by atoms with Crippen molar-refractivity contribution in [1.82, 2.24) is 19.5 Å². The highest BCUT2D eigenvalue weighted by atomic mass is 16.3. The van der Waals surface area contributed by atoms with E-state index >= 15 is 0 Å². The average Bonchev–Trinajstić information content (AvgIpc) is 3.96. The molecule has 0 fully saturated rings. The number of hydrogen-bond donors (Lipinski definition) is 0. The first-order chi connectivity index (χ1) is 28.2. The van der Waals surface area contributed by atoms with Crippen molar-refractivity contribution in [1.29, 1.82) is 0 Å². The van der Waals surface area contributed by atoms with Crippen LogP contribution in [0.3, 0.4) is 0 Å². The van der Waals surface area contributed by atoms with Crippen LogP contribution in [0.15, 0.2) is 191 Å². The van der Waals surface area contributed by atoms with E-state index in [4.69, 9.17) is 23.8 Å². The van der Waals surface area contributed by atoms with E-state index in [9.17, 15) is 0 Å². The van der Waals surface area contributed by atoms with E-state index < -0.39 is 0 Å². The Bertz CT molecular complexity index is 3510. The molecule has 0 radical (unpaired) electrons. The Morgan fingerprint density at radius 3 is 1.70 bits per heavy atom. The SMILES string of the molecule is c1ccc(-c2nc(-c3ccc(-c4cc(-c5ccccc5)c5c(c4)oc4ccccc45)cc3)nc(-n3c4ccccc4c4ccc5c6ccccc6oc5c43)n2)cc1. The summed E-state index contributed by atoms with van der Waals surface area (Å²) < 4.78 is 15.2. The van der Waals surface area contributed by atoms with Gasteiger partial charge in [0, 0.05) is 43.4 Å². The minimum atomic E-state index is 0.518. The Kier molecular flexibility index (Phi) is 6.83. The van der Waals surface area contributed by atoms with Crippen LogP contribution in [0.2, 0.25) is 0 Å². The molecule has 0 aliphatic rings. The molecule has 12 rings (SSSR count). The Morgan fingerprint density at radius 1 is 0.368 bits per heavy atom. The van der Waals surface area contributed by atoms with Gasteiger partial charge in [-0.3, -0.25) is 4.57 Å². The fourth-order valence-corrected chi connectivity index (χ4v) is 8.43. The highest BCUT2D eigenvalue weighted by Gasteiger charge is 2.22. The molecule has 8 aromatic carbocycles. The molecule has 0 unspecified atom stereocenters. The summed E-state index contributed by atoms with van der Waals surface area (Å²) in [6.45, 7) is 0. The summed E-state index contributed by atoms with van der Waals surface area (Å²) in [7, 11) is 0. The molecule has 0 bridgehead atoms. The Balaban J connectivity index is 1.05. The van der Waals surface area contributed by atoms with E-state index in [1.807, 2.05) is 66.7 Å². The van der Waals surface area contributed by atoms with Crippen LogP contribution in [0.4, 0.5) is 0 Å². The number of rotatable bonds is 5. The summed E-state index contributed by atoms with van der Waals surface area (Å²) in [5.74, 6) is 1.68. The number of nitrogens with zero attached hydrogens (tertiary/aromatic N) is 4. The topological polar surface area (TPSA) is 69.9 Å². The molecule has 4 aromatic heterocycles. The van der Waals surface area contributed by atoms with Crippen molar-refractivity contribution in [3.63, 3.8) is 0 Å². The third-order valence-corrected chi connectivity index (χ3v) is 11.1. The minimum Gasteiger partial charge on any atom is -0.456 e. The van der Waals surface area contributed by atoms with E-state index in [0.717, 1.165) is 99.1 Å². The molecule has 0 saturated heterocycles. The fraction of sp³-hybridized carbons (Fsp3) is 0. The Morgan fingerprint density at radius 2 is 0.947 bits per heavy atom. The lowest BCUT2D eigenvalue weighted by Crippen LogP contribution is -2.06. The molecule has 0 aliphatic heterocycles. The van der Waals surface area contributed by atoms with Crippen molar-refractivity contribution in [2.45, 2.75) is 0 Å². The fourth-order valence-electron chi connectivity index (χ4n) is 8.43. The summed E-state index contributed by atoms with van der Waals surface area (Å²) in [5, 5.41) is 6.51. The van der Waals surface area contributed by atoms with Crippen molar-refractivity contribution in [2.75, 3.05) is 0 Å². The molecule has 0 N–H and O–H groups in total. The summed E-state index contributed by atoms with van der Waals surface area (Å²) in [4.78, 5) is 15.5. The second-order valence-corrected chi connectivity index (χ2v) is 14.4. The summed E-state index contributed by atoms with van der Waals surface area (Å²) in [6, 6.07) is 62.6. The highest BCUT2D eigenvalue weighted by molar-refractivity contribution is 6.21. The van der Waals surface area contributed by atoms with E-state index in [-0.39, 0.29) is 0 Å². The normalized spacial score (nSPS) is 11.9. The first kappa shape index (κ1) is 31.5. The smallest absolute Gasteiger partial charge is 0.238 e. The maximum Gasteiger partial charge on any atom is 0.238 e. The number of aromatic nitrogens is 4. The molecule has 57 heavy (non-hydrogen) atoms. The van der Waals surface area contributed by atoms with Crippen LogP contribution in [-0.4, -0.2) is 19.5 Å². The minimum absolute atomic E-state index is 0.518. The Hall–Kier alpha value is -7.83. The molecule has 0 amide bonds. The molecule has 6 heteroatoms. The van der Waals surface area contributed by atoms with E-state index in [1.165, 1.54) is 0 Å². The summed E-state index contributed by atoms with van der Waals surface area (Å²) >= 11 is 0. The van der Waals surface area contributed by atoms with Gasteiger partial charge in [0.15, 0.2) is 17.2 Å². The second kappa shape index (κ2) is 12.3. The molecular weight excluding hydrogens is 701 g/mol. The lowest BCUT2D eigenvalue weighted by Gasteiger charge is -2.12. The van der Waals surface area contributed by atoms with Crippen LogP contribution in [0.25, 0.3) is 117 Å². The first-order valence-corrected chi connectivity index (χ1v) is 19.0. The largest absolute Gasteiger partial charge is 0.456 e. The predicted octanol–water partition coefficient (Wildman–Crippen LogP) is 13.4. The number of para-hydroxylation sites is 3. The van der Waals surface area contributed by atoms with Crippen molar-refractivity contribution in [2.24, 2.45) is 0 Å². The zero-order valence-corrected chi connectivity index (χ0v) is 30.4. The molecule has 0 spiro atoms. The van der Waals surface area contributed by atoms with Gasteiger partial charge in [0.05, 0.1) is 5.52 Å². The van der Waals surface area contributed by atoms with Crippen LogP contribution in [0.5, 0.6) is 0 Å². The quantitative estimate of drug-likeness (QED) is 0.176. The monoisotopic (exact) mass is 730 g/mol. The number of fused-ring (bicyclic) bond motifs is 10. The van der Waals surface area contributed by atoms with Crippen LogP contribution in [0, 0.1) is 0 Å². The Labute approximate surface area is 325 Å². The maximum absolute atomic E-state index is 6.62. The lowest BCUT2D eigenvalue weighted by atomic mass is 9.94. The van der Waals surface area contributed by atoms with Crippen LogP contribution >= 0.6 is 0 Å². The molecule has 6 nitrogen and oxygen atoms in total. The second-order valence-electron chi connectivity index (χ2n) is 14.4. The molecular formula is C51H30N4O2. The summed E-state index contributed by atoms with van der Waals surface area (Å²) in [5.41, 5.74) is 11.5. The van der Waals surface area contributed by atoms with Crippen LogP contribution < -0.4 is 0 Å². The predicted molar refractivity (Wildman–Crippen MR) is 230 cm³/mol. The van der Waals surface area contributed by atoms with Gasteiger partial charge < -0.3 is 8.83 Å². The van der Waals surface area contributed by atoms with E-state index in [2.05, 4.69) is 120 Å². The van der Waals surface area contributed by atoms with Gasteiger partial charge in [-0.2, -0.15) is 9.97 Å². The third-order valence-electron chi connectivity index (χ3n) is 11.1. The van der Waals surface area contributed by atoms with E-state index in [0.29, 0.717) is 17.6 Å². The molecule has 4 heterocycles. The zero-order valence-electron chi connectivity index (χ0n) is 30.4. The van der Waals surface area contributed by atoms with Crippen LogP contribution in [-0.2, 0) is 0 Å². The number of benzene rings is 8.